The van der Waals surface area contributed by atoms with Gasteiger partial charge in [0, 0.05) is 24.7 Å². The molecule has 13 heteroatoms. The maximum Gasteiger partial charge on any atom is 0.490 e. The number of benzene rings is 1. The van der Waals surface area contributed by atoms with Crippen LogP contribution in [-0.2, 0) is 14.8 Å². The van der Waals surface area contributed by atoms with E-state index < -0.39 is 22.2 Å². The lowest BCUT2D eigenvalue weighted by Gasteiger charge is -2.29. The van der Waals surface area contributed by atoms with E-state index in [4.69, 9.17) is 9.90 Å². The third kappa shape index (κ3) is 6.09. The summed E-state index contributed by atoms with van der Waals surface area (Å²) in [4.78, 5) is 13.6. The third-order valence-corrected chi connectivity index (χ3v) is 8.18. The number of alkyl halides is 3. The largest absolute Gasteiger partial charge is 0.490 e. The van der Waals surface area contributed by atoms with Crippen LogP contribution in [0.4, 0.5) is 24.5 Å². The van der Waals surface area contributed by atoms with Gasteiger partial charge in [0.1, 0.15) is 0 Å². The molecule has 0 atom stereocenters. The quantitative estimate of drug-likeness (QED) is 0.536. The highest BCUT2D eigenvalue weighted by molar-refractivity contribution is 7.90. The minimum atomic E-state index is -5.08. The Morgan fingerprint density at radius 1 is 1.00 bits per heavy atom. The van der Waals surface area contributed by atoms with Crippen molar-refractivity contribution in [2.75, 3.05) is 18.4 Å². The average Bonchev–Trinajstić information content (AvgIpc) is 3.60. The summed E-state index contributed by atoms with van der Waals surface area (Å²) in [7, 11) is -3.08. The molecule has 3 heterocycles. The second kappa shape index (κ2) is 9.82. The number of nitrogens with one attached hydrogen (secondary N) is 1. The van der Waals surface area contributed by atoms with Gasteiger partial charge in [-0.1, -0.05) is 18.2 Å². The Bertz CT molecular complexity index is 1290. The molecule has 35 heavy (non-hydrogen) atoms. The van der Waals surface area contributed by atoms with E-state index >= 15 is 0 Å². The van der Waals surface area contributed by atoms with Crippen molar-refractivity contribution >= 4 is 33.0 Å². The normalized spacial score (nSPS) is 17.6. The van der Waals surface area contributed by atoms with Crippen molar-refractivity contribution in [3.05, 3.63) is 54.5 Å². The summed E-state index contributed by atoms with van der Waals surface area (Å²) in [5.41, 5.74) is 2.77. The number of aliphatic carboxylic acids is 1. The number of carboxylic acids is 1. The number of hydrogen-bond acceptors (Lipinski definition) is 6. The number of hydrogen-bond donors (Lipinski definition) is 2. The first-order chi connectivity index (χ1) is 16.5. The minimum absolute atomic E-state index is 0.132. The van der Waals surface area contributed by atoms with Crippen molar-refractivity contribution in [2.45, 2.75) is 43.0 Å². The number of aromatic nitrogens is 3. The van der Waals surface area contributed by atoms with Gasteiger partial charge in [-0.05, 0) is 49.9 Å². The highest BCUT2D eigenvalue weighted by atomic mass is 32.2. The lowest BCUT2D eigenvalue weighted by atomic mass is 9.98. The van der Waals surface area contributed by atoms with E-state index in [9.17, 15) is 21.6 Å². The number of carbonyl (C=O) groups is 1. The van der Waals surface area contributed by atoms with Gasteiger partial charge in [0.15, 0.2) is 11.5 Å². The number of halogens is 3. The zero-order chi connectivity index (χ0) is 25.2. The number of fused-ring (bicyclic) bond motifs is 1. The van der Waals surface area contributed by atoms with Crippen LogP contribution in [0.5, 0.6) is 0 Å². The highest BCUT2D eigenvalue weighted by Crippen LogP contribution is 2.35. The number of pyridine rings is 1. The molecular formula is C22H24F3N5O4S. The van der Waals surface area contributed by atoms with Crippen LogP contribution in [0.2, 0.25) is 0 Å². The molecule has 0 amide bonds. The molecule has 9 nitrogen and oxygen atoms in total. The van der Waals surface area contributed by atoms with Crippen LogP contribution in [0.1, 0.15) is 37.4 Å². The van der Waals surface area contributed by atoms with E-state index in [1.165, 1.54) is 0 Å². The Morgan fingerprint density at radius 2 is 1.63 bits per heavy atom. The molecule has 1 aromatic carbocycles. The third-order valence-electron chi connectivity index (χ3n) is 5.78. The van der Waals surface area contributed by atoms with E-state index in [1.54, 1.807) is 8.82 Å². The Balaban J connectivity index is 0.000000364. The predicted octanol–water partition coefficient (Wildman–Crippen LogP) is 3.78. The molecule has 0 unspecified atom stereocenters. The zero-order valence-electron chi connectivity index (χ0n) is 18.5. The molecule has 0 radical (unpaired) electrons. The summed E-state index contributed by atoms with van der Waals surface area (Å²) in [6.45, 7) is 1.14. The second-order valence-corrected chi connectivity index (χ2v) is 10.6. The fraction of sp³-hybridized carbons (Fsp3) is 0.409. The summed E-state index contributed by atoms with van der Waals surface area (Å²) in [6.07, 6.45) is 0.0344. The first kappa shape index (κ1) is 24.9. The fourth-order valence-electron chi connectivity index (χ4n) is 3.78. The van der Waals surface area contributed by atoms with Gasteiger partial charge in [0.25, 0.3) is 0 Å². The van der Waals surface area contributed by atoms with Gasteiger partial charge >= 0.3 is 12.1 Å². The van der Waals surface area contributed by atoms with E-state index in [1.807, 2.05) is 48.7 Å². The maximum atomic E-state index is 12.4. The highest BCUT2D eigenvalue weighted by Gasteiger charge is 2.41. The lowest BCUT2D eigenvalue weighted by molar-refractivity contribution is -0.192. The van der Waals surface area contributed by atoms with Crippen molar-refractivity contribution in [1.29, 1.82) is 0 Å². The van der Waals surface area contributed by atoms with Crippen LogP contribution in [-0.4, -0.2) is 62.9 Å². The number of rotatable bonds is 5. The Hall–Kier alpha value is -3.19. The molecule has 2 aromatic heterocycles. The fourth-order valence-corrected chi connectivity index (χ4v) is 5.65. The number of carboxylic acid groups (broad SMARTS) is 1. The molecule has 5 rings (SSSR count). The van der Waals surface area contributed by atoms with Gasteiger partial charge in [-0.15, -0.1) is 0 Å². The molecule has 2 fully saturated rings. The first-order valence-corrected chi connectivity index (χ1v) is 12.5. The maximum absolute atomic E-state index is 12.4. The van der Waals surface area contributed by atoms with Crippen molar-refractivity contribution < 1.29 is 31.5 Å². The molecule has 1 saturated heterocycles. The number of piperidine rings is 1. The molecule has 188 valence electrons. The van der Waals surface area contributed by atoms with Crippen LogP contribution >= 0.6 is 0 Å². The average molecular weight is 512 g/mol. The van der Waals surface area contributed by atoms with E-state index in [0.717, 1.165) is 48.5 Å². The lowest BCUT2D eigenvalue weighted by Crippen LogP contribution is -2.39. The van der Waals surface area contributed by atoms with Crippen LogP contribution in [0.25, 0.3) is 5.65 Å². The van der Waals surface area contributed by atoms with Crippen molar-refractivity contribution in [3.63, 3.8) is 0 Å². The van der Waals surface area contributed by atoms with Gasteiger partial charge in [0.05, 0.1) is 17.1 Å². The topological polar surface area (TPSA) is 117 Å². The standard InChI is InChI=1S/C20H23N5O2S.C2HF3O2/c26-28(27,18-7-8-18)24-12-10-15(11-13-24)20-22-19-9-6-17(14-25(19)23-20)21-16-4-2-1-3-5-16;3-2(4,5)1(6)7/h1-6,9,14-15,18,21H,7-8,10-13H2;(H,6,7). The minimum Gasteiger partial charge on any atom is -0.475 e. The van der Waals surface area contributed by atoms with Gasteiger partial charge in [-0.2, -0.15) is 18.3 Å². The number of para-hydroxylation sites is 1. The number of anilines is 2. The van der Waals surface area contributed by atoms with Gasteiger partial charge in [-0.3, -0.25) is 0 Å². The molecule has 2 aliphatic rings. The summed E-state index contributed by atoms with van der Waals surface area (Å²) in [5.74, 6) is -1.75. The Labute approximate surface area is 199 Å². The smallest absolute Gasteiger partial charge is 0.475 e. The SMILES string of the molecule is O=C(O)C(F)(F)F.O=S(=O)(C1CC1)N1CCC(c2nc3ccc(Nc4ccccc4)cn3n2)CC1. The molecule has 3 aromatic rings. The van der Waals surface area contributed by atoms with Crippen LogP contribution in [0.15, 0.2) is 48.7 Å². The Morgan fingerprint density at radius 3 is 2.20 bits per heavy atom. The van der Waals surface area contributed by atoms with Crippen molar-refractivity contribution in [1.82, 2.24) is 18.9 Å². The summed E-state index contributed by atoms with van der Waals surface area (Å²) < 4.78 is 60.0. The van der Waals surface area contributed by atoms with Gasteiger partial charge < -0.3 is 10.4 Å². The zero-order valence-corrected chi connectivity index (χ0v) is 19.3. The first-order valence-electron chi connectivity index (χ1n) is 11.0. The summed E-state index contributed by atoms with van der Waals surface area (Å²) >= 11 is 0. The molecule has 0 spiro atoms. The second-order valence-electron chi connectivity index (χ2n) is 8.40. The van der Waals surface area contributed by atoms with Crippen molar-refractivity contribution in [2.24, 2.45) is 0 Å². The molecule has 1 saturated carbocycles. The number of sulfonamides is 1. The summed E-state index contributed by atoms with van der Waals surface area (Å²) in [5, 5.41) is 15.0. The van der Waals surface area contributed by atoms with Gasteiger partial charge in [-0.25, -0.2) is 27.0 Å². The molecule has 1 aliphatic heterocycles. The molecule has 2 N–H and O–H groups in total. The van der Waals surface area contributed by atoms with E-state index in [0.29, 0.717) is 13.1 Å². The molecular weight excluding hydrogens is 487 g/mol. The van der Waals surface area contributed by atoms with Crippen LogP contribution in [0, 0.1) is 0 Å². The molecule has 1 aliphatic carbocycles. The summed E-state index contributed by atoms with van der Waals surface area (Å²) in [6, 6.07) is 13.9. The Kier molecular flexibility index (Phi) is 6.99. The predicted molar refractivity (Wildman–Crippen MR) is 122 cm³/mol. The van der Waals surface area contributed by atoms with E-state index in [2.05, 4.69) is 15.4 Å². The van der Waals surface area contributed by atoms with Gasteiger partial charge in [0.2, 0.25) is 10.0 Å². The van der Waals surface area contributed by atoms with Crippen molar-refractivity contribution in [3.8, 4) is 0 Å². The molecule has 0 bridgehead atoms. The van der Waals surface area contributed by atoms with Crippen LogP contribution in [0.3, 0.4) is 0 Å². The number of nitrogens with zero attached hydrogens (tertiary/aromatic N) is 4. The van der Waals surface area contributed by atoms with E-state index in [-0.39, 0.29) is 11.2 Å². The monoisotopic (exact) mass is 511 g/mol. The van der Waals surface area contributed by atoms with Crippen LogP contribution < -0.4 is 5.32 Å².